The zero-order chi connectivity index (χ0) is 16.1. The van der Waals surface area contributed by atoms with E-state index in [1.54, 1.807) is 0 Å². The Labute approximate surface area is 135 Å². The molecule has 1 unspecified atom stereocenters. The van der Waals surface area contributed by atoms with Crippen molar-refractivity contribution in [1.29, 1.82) is 0 Å². The highest BCUT2D eigenvalue weighted by atomic mass is 16.2. The Bertz CT molecular complexity index is 615. The summed E-state index contributed by atoms with van der Waals surface area (Å²) in [5.74, 6) is -0.0774. The molecule has 0 aliphatic carbocycles. The topological polar surface area (TPSA) is 75.9 Å². The number of hydrogen-bond donors (Lipinski definition) is 1. The normalized spacial score (nSPS) is 19.6. The Kier molecular flexibility index (Phi) is 4.97. The Morgan fingerprint density at radius 2 is 2.22 bits per heavy atom. The lowest BCUT2D eigenvalue weighted by atomic mass is 10.1. The largest absolute Gasteiger partial charge is 0.352 e. The molecule has 23 heavy (non-hydrogen) atoms. The number of rotatable bonds is 6. The van der Waals surface area contributed by atoms with E-state index in [4.69, 9.17) is 0 Å². The molecular formula is C16H22N6O. The molecule has 2 aromatic rings. The number of tetrazole rings is 1. The summed E-state index contributed by atoms with van der Waals surface area (Å²) in [5.41, 5.74) is 0.871. The molecule has 1 aliphatic rings. The summed E-state index contributed by atoms with van der Waals surface area (Å²) < 4.78 is 1.50. The summed E-state index contributed by atoms with van der Waals surface area (Å²) >= 11 is 0. The highest BCUT2D eigenvalue weighted by Crippen LogP contribution is 2.18. The molecule has 0 saturated carbocycles. The molecule has 0 bridgehead atoms. The number of hydrogen-bond acceptors (Lipinski definition) is 5. The van der Waals surface area contributed by atoms with Crippen molar-refractivity contribution in [3.05, 3.63) is 42.2 Å². The van der Waals surface area contributed by atoms with Crippen LogP contribution in [0.15, 0.2) is 36.7 Å². The molecule has 7 nitrogen and oxygen atoms in total. The van der Waals surface area contributed by atoms with Crippen LogP contribution >= 0.6 is 0 Å². The van der Waals surface area contributed by atoms with Crippen LogP contribution in [-0.4, -0.2) is 56.7 Å². The molecule has 1 aromatic carbocycles. The van der Waals surface area contributed by atoms with Crippen LogP contribution in [0.2, 0.25) is 0 Å². The van der Waals surface area contributed by atoms with Gasteiger partial charge in [0.05, 0.1) is 0 Å². The van der Waals surface area contributed by atoms with Gasteiger partial charge >= 0.3 is 0 Å². The number of amides is 1. The van der Waals surface area contributed by atoms with Gasteiger partial charge < -0.3 is 5.32 Å². The van der Waals surface area contributed by atoms with Gasteiger partial charge in [0.2, 0.25) is 5.91 Å². The minimum Gasteiger partial charge on any atom is -0.352 e. The van der Waals surface area contributed by atoms with Crippen LogP contribution < -0.4 is 5.32 Å². The third-order valence-corrected chi connectivity index (χ3v) is 4.41. The first-order valence-electron chi connectivity index (χ1n) is 8.08. The second-order valence-corrected chi connectivity index (χ2v) is 5.77. The van der Waals surface area contributed by atoms with Crippen molar-refractivity contribution in [2.24, 2.45) is 0 Å². The molecule has 1 aromatic heterocycles. The van der Waals surface area contributed by atoms with Crippen molar-refractivity contribution >= 4 is 5.91 Å². The Balaban J connectivity index is 1.71. The summed E-state index contributed by atoms with van der Waals surface area (Å²) in [6.45, 7) is 4.97. The van der Waals surface area contributed by atoms with Gasteiger partial charge in [-0.15, -0.1) is 5.10 Å². The standard InChI is InChI=1S/C16H22N6O/c1-2-21-10-6-9-14(21)11-17-16(23)15(22-12-18-19-20-22)13-7-4-3-5-8-13/h3-5,7-8,12,14-15H,2,6,9-11H2,1H3,(H,17,23)/t14?,15-/m0/s1. The van der Waals surface area contributed by atoms with Crippen LogP contribution in [0.5, 0.6) is 0 Å². The lowest BCUT2D eigenvalue weighted by Crippen LogP contribution is -2.42. The second-order valence-electron chi connectivity index (χ2n) is 5.77. The number of carbonyl (C=O) groups is 1. The van der Waals surface area contributed by atoms with Gasteiger partial charge in [-0.25, -0.2) is 4.68 Å². The predicted molar refractivity (Wildman–Crippen MR) is 85.7 cm³/mol. The van der Waals surface area contributed by atoms with E-state index < -0.39 is 6.04 Å². The summed E-state index contributed by atoms with van der Waals surface area (Å²) in [6.07, 6.45) is 3.81. The lowest BCUT2D eigenvalue weighted by Gasteiger charge is -2.24. The smallest absolute Gasteiger partial charge is 0.249 e. The van der Waals surface area contributed by atoms with Gasteiger partial charge in [0.1, 0.15) is 6.33 Å². The molecule has 0 radical (unpaired) electrons. The van der Waals surface area contributed by atoms with Gasteiger partial charge in [-0.05, 0) is 41.9 Å². The Morgan fingerprint density at radius 3 is 2.91 bits per heavy atom. The molecule has 2 heterocycles. The maximum atomic E-state index is 12.7. The van der Waals surface area contributed by atoms with E-state index in [-0.39, 0.29) is 5.91 Å². The highest BCUT2D eigenvalue weighted by molar-refractivity contribution is 5.83. The number of nitrogens with one attached hydrogen (secondary N) is 1. The van der Waals surface area contributed by atoms with Crippen molar-refractivity contribution < 1.29 is 4.79 Å². The Hall–Kier alpha value is -2.28. The molecule has 3 rings (SSSR count). The zero-order valence-corrected chi connectivity index (χ0v) is 13.3. The number of benzene rings is 1. The monoisotopic (exact) mass is 314 g/mol. The molecule has 1 amide bonds. The van der Waals surface area contributed by atoms with Gasteiger partial charge in [0, 0.05) is 12.6 Å². The van der Waals surface area contributed by atoms with Crippen LogP contribution in [0.1, 0.15) is 31.4 Å². The SMILES string of the molecule is CCN1CCCC1CNC(=O)[C@H](c1ccccc1)n1cnnn1. The van der Waals surface area contributed by atoms with Crippen LogP contribution in [0, 0.1) is 0 Å². The zero-order valence-electron chi connectivity index (χ0n) is 13.3. The number of likely N-dealkylation sites (tertiary alicyclic amines) is 1. The average Bonchev–Trinajstić information content (AvgIpc) is 3.25. The van der Waals surface area contributed by atoms with Crippen LogP contribution in [0.3, 0.4) is 0 Å². The average molecular weight is 314 g/mol. The minimum atomic E-state index is -0.539. The van der Waals surface area contributed by atoms with Crippen molar-refractivity contribution in [3.63, 3.8) is 0 Å². The predicted octanol–water partition coefficient (Wildman–Crippen LogP) is 0.863. The third-order valence-electron chi connectivity index (χ3n) is 4.41. The van der Waals surface area contributed by atoms with Gasteiger partial charge in [-0.1, -0.05) is 37.3 Å². The summed E-state index contributed by atoms with van der Waals surface area (Å²) in [4.78, 5) is 15.2. The molecule has 1 fully saturated rings. The van der Waals surface area contributed by atoms with Crippen LogP contribution in [-0.2, 0) is 4.79 Å². The highest BCUT2D eigenvalue weighted by Gasteiger charge is 2.27. The van der Waals surface area contributed by atoms with Gasteiger partial charge in [0.25, 0.3) is 0 Å². The van der Waals surface area contributed by atoms with E-state index in [9.17, 15) is 4.79 Å². The summed E-state index contributed by atoms with van der Waals surface area (Å²) in [5, 5.41) is 14.3. The van der Waals surface area contributed by atoms with E-state index in [0.29, 0.717) is 12.6 Å². The molecular weight excluding hydrogens is 292 g/mol. The molecule has 0 spiro atoms. The van der Waals surface area contributed by atoms with Crippen LogP contribution in [0.25, 0.3) is 0 Å². The van der Waals surface area contributed by atoms with E-state index in [2.05, 4.69) is 32.7 Å². The van der Waals surface area contributed by atoms with E-state index in [1.165, 1.54) is 17.4 Å². The lowest BCUT2D eigenvalue weighted by molar-refractivity contribution is -0.123. The van der Waals surface area contributed by atoms with E-state index >= 15 is 0 Å². The van der Waals surface area contributed by atoms with Crippen molar-refractivity contribution in [3.8, 4) is 0 Å². The first kappa shape index (κ1) is 15.6. The first-order chi connectivity index (χ1) is 11.3. The van der Waals surface area contributed by atoms with Gasteiger partial charge in [0.15, 0.2) is 6.04 Å². The maximum absolute atomic E-state index is 12.7. The molecule has 7 heteroatoms. The second kappa shape index (κ2) is 7.32. The summed E-state index contributed by atoms with van der Waals surface area (Å²) in [6, 6.07) is 9.47. The molecule has 1 N–H and O–H groups in total. The minimum absolute atomic E-state index is 0.0774. The van der Waals surface area contributed by atoms with Crippen molar-refractivity contribution in [1.82, 2.24) is 30.4 Å². The Morgan fingerprint density at radius 1 is 1.39 bits per heavy atom. The number of aromatic nitrogens is 4. The fraction of sp³-hybridized carbons (Fsp3) is 0.500. The maximum Gasteiger partial charge on any atom is 0.249 e. The molecule has 1 saturated heterocycles. The van der Waals surface area contributed by atoms with E-state index in [0.717, 1.165) is 25.1 Å². The fourth-order valence-corrected chi connectivity index (χ4v) is 3.20. The first-order valence-corrected chi connectivity index (χ1v) is 8.08. The number of carbonyl (C=O) groups excluding carboxylic acids is 1. The van der Waals surface area contributed by atoms with Crippen molar-refractivity contribution in [2.45, 2.75) is 31.8 Å². The van der Waals surface area contributed by atoms with Gasteiger partial charge in [-0.3, -0.25) is 9.69 Å². The number of nitrogens with zero attached hydrogens (tertiary/aromatic N) is 5. The number of likely N-dealkylation sites (N-methyl/N-ethyl adjacent to an activating group) is 1. The molecule has 1 aliphatic heterocycles. The summed E-state index contributed by atoms with van der Waals surface area (Å²) in [7, 11) is 0. The quantitative estimate of drug-likeness (QED) is 0.856. The third kappa shape index (κ3) is 3.56. The molecule has 122 valence electrons. The van der Waals surface area contributed by atoms with E-state index in [1.807, 2.05) is 30.3 Å². The van der Waals surface area contributed by atoms with Crippen LogP contribution in [0.4, 0.5) is 0 Å². The fourth-order valence-electron chi connectivity index (χ4n) is 3.20. The van der Waals surface area contributed by atoms with Gasteiger partial charge in [-0.2, -0.15) is 0 Å². The van der Waals surface area contributed by atoms with Crippen molar-refractivity contribution in [2.75, 3.05) is 19.6 Å². The molecule has 2 atom stereocenters.